The van der Waals surface area contributed by atoms with Crippen molar-refractivity contribution in [3.05, 3.63) is 71.9 Å². The van der Waals surface area contributed by atoms with Gasteiger partial charge in [0.05, 0.1) is 0 Å². The molecule has 0 aliphatic heterocycles. The van der Waals surface area contributed by atoms with Crippen LogP contribution in [0.2, 0.25) is 0 Å². The van der Waals surface area contributed by atoms with Crippen molar-refractivity contribution < 1.29 is 0 Å². The maximum atomic E-state index is 3.36. The fourth-order valence-corrected chi connectivity index (χ4v) is 2.82. The first-order chi connectivity index (χ1) is 9.42. The number of hydrogen-bond donors (Lipinski definition) is 0. The highest BCUT2D eigenvalue weighted by molar-refractivity contribution is 5.81. The Labute approximate surface area is 113 Å². The lowest BCUT2D eigenvalue weighted by atomic mass is 10.2. The van der Waals surface area contributed by atoms with Gasteiger partial charge in [0.15, 0.2) is 0 Å². The van der Waals surface area contributed by atoms with E-state index in [9.17, 15) is 0 Å². The Morgan fingerprint density at radius 2 is 1.89 bits per heavy atom. The molecule has 1 heterocycles. The van der Waals surface area contributed by atoms with Crippen molar-refractivity contribution in [3.63, 3.8) is 0 Å². The first-order valence-corrected chi connectivity index (χ1v) is 6.95. The molecule has 0 bridgehead atoms. The minimum Gasteiger partial charge on any atom is -0.340 e. The normalized spacial score (nSPS) is 14.9. The van der Waals surface area contributed by atoms with Gasteiger partial charge in [-0.3, -0.25) is 0 Å². The van der Waals surface area contributed by atoms with Gasteiger partial charge in [0.2, 0.25) is 0 Å². The molecule has 19 heavy (non-hydrogen) atoms. The lowest BCUT2D eigenvalue weighted by Crippen LogP contribution is -2.03. The maximum absolute atomic E-state index is 3.36. The Kier molecular flexibility index (Phi) is 2.44. The van der Waals surface area contributed by atoms with Crippen LogP contribution in [-0.4, -0.2) is 4.57 Å². The molecule has 3 aromatic rings. The molecule has 0 atom stereocenters. The van der Waals surface area contributed by atoms with Gasteiger partial charge >= 0.3 is 0 Å². The fourth-order valence-electron chi connectivity index (χ4n) is 2.82. The van der Waals surface area contributed by atoms with E-state index in [1.807, 2.05) is 6.07 Å². The second-order valence-corrected chi connectivity index (χ2v) is 5.38. The second-order valence-electron chi connectivity index (χ2n) is 5.38. The molecule has 1 nitrogen and oxygen atoms in total. The molecule has 1 fully saturated rings. The monoisotopic (exact) mass is 246 g/mol. The highest BCUT2D eigenvalue weighted by atomic mass is 15.0. The van der Waals surface area contributed by atoms with Crippen LogP contribution in [0.1, 0.15) is 30.0 Å². The molecule has 1 saturated carbocycles. The minimum atomic E-state index is 0.768. The summed E-state index contributed by atoms with van der Waals surface area (Å²) in [6, 6.07) is 22.7. The Morgan fingerprint density at radius 1 is 1.05 bits per heavy atom. The smallest absolute Gasteiger partial charge is 0.0492 e. The van der Waals surface area contributed by atoms with Crippen LogP contribution in [0.4, 0.5) is 0 Å². The molecule has 4 rings (SSSR count). The van der Waals surface area contributed by atoms with E-state index in [0.717, 1.165) is 12.5 Å². The number of benzene rings is 2. The number of aromatic nitrogens is 1. The molecule has 0 unspecified atom stereocenters. The topological polar surface area (TPSA) is 4.93 Å². The van der Waals surface area contributed by atoms with Crippen molar-refractivity contribution in [2.75, 3.05) is 0 Å². The molecule has 0 saturated heterocycles. The number of rotatable bonds is 3. The van der Waals surface area contributed by atoms with E-state index in [-0.39, 0.29) is 0 Å². The van der Waals surface area contributed by atoms with Gasteiger partial charge in [0, 0.05) is 23.1 Å². The minimum absolute atomic E-state index is 0.768. The molecule has 1 heteroatoms. The molecule has 0 spiro atoms. The fraction of sp³-hybridized carbons (Fsp3) is 0.222. The van der Waals surface area contributed by atoms with E-state index in [4.69, 9.17) is 0 Å². The third kappa shape index (κ3) is 1.95. The summed E-state index contributed by atoms with van der Waals surface area (Å²) >= 11 is 0. The van der Waals surface area contributed by atoms with E-state index in [2.05, 4.69) is 59.2 Å². The van der Waals surface area contributed by atoms with Gasteiger partial charge in [-0.25, -0.2) is 0 Å². The molecule has 0 amide bonds. The quantitative estimate of drug-likeness (QED) is 0.647. The van der Waals surface area contributed by atoms with Gasteiger partial charge in [-0.1, -0.05) is 42.5 Å². The van der Waals surface area contributed by atoms with E-state index >= 15 is 0 Å². The van der Waals surface area contributed by atoms with E-state index in [0.29, 0.717) is 0 Å². The van der Waals surface area contributed by atoms with Crippen LogP contribution in [0, 0.1) is 6.07 Å². The standard InChI is InChI=1S/C18H16N/c1-2-6-14(7-3-1)13-19-17-9-5-4-8-16(17)12-18(19)15-10-11-15/h1-7,9,12,15H,10-11,13H2. The Morgan fingerprint density at radius 3 is 2.68 bits per heavy atom. The van der Waals surface area contributed by atoms with Crippen molar-refractivity contribution in [2.24, 2.45) is 0 Å². The Bertz CT molecular complexity index is 705. The van der Waals surface area contributed by atoms with Crippen LogP contribution in [0.3, 0.4) is 0 Å². The Hall–Kier alpha value is -2.02. The maximum Gasteiger partial charge on any atom is 0.0492 e. The summed E-state index contributed by atoms with van der Waals surface area (Å²) in [5, 5.41) is 1.25. The zero-order valence-corrected chi connectivity index (χ0v) is 10.8. The first kappa shape index (κ1) is 10.9. The summed E-state index contributed by atoms with van der Waals surface area (Å²) in [6.07, 6.45) is 2.68. The molecule has 1 aliphatic carbocycles. The van der Waals surface area contributed by atoms with Gasteiger partial charge in [-0.15, -0.1) is 0 Å². The number of fused-ring (bicyclic) bond motifs is 1. The first-order valence-electron chi connectivity index (χ1n) is 6.95. The van der Waals surface area contributed by atoms with E-state index < -0.39 is 0 Å². The largest absolute Gasteiger partial charge is 0.340 e. The van der Waals surface area contributed by atoms with Crippen LogP contribution in [0.5, 0.6) is 0 Å². The summed E-state index contributed by atoms with van der Waals surface area (Å²) < 4.78 is 2.47. The zero-order valence-electron chi connectivity index (χ0n) is 10.8. The van der Waals surface area contributed by atoms with Gasteiger partial charge in [0.1, 0.15) is 0 Å². The molecule has 1 aliphatic rings. The summed E-state index contributed by atoms with van der Waals surface area (Å²) in [4.78, 5) is 0. The molecule has 1 aromatic heterocycles. The second kappa shape index (κ2) is 4.27. The van der Waals surface area contributed by atoms with Crippen LogP contribution >= 0.6 is 0 Å². The van der Waals surface area contributed by atoms with E-state index in [1.54, 1.807) is 0 Å². The van der Waals surface area contributed by atoms with Gasteiger partial charge in [-0.2, -0.15) is 0 Å². The third-order valence-corrected chi connectivity index (χ3v) is 3.94. The summed E-state index contributed by atoms with van der Waals surface area (Å²) in [5.74, 6) is 0.768. The average Bonchev–Trinajstić information content (AvgIpc) is 3.24. The summed E-state index contributed by atoms with van der Waals surface area (Å²) in [5.41, 5.74) is 4.17. The van der Waals surface area contributed by atoms with Crippen molar-refractivity contribution >= 4 is 10.9 Å². The molecular formula is C18H16N. The van der Waals surface area contributed by atoms with Crippen molar-refractivity contribution in [1.82, 2.24) is 4.57 Å². The van der Waals surface area contributed by atoms with Crippen LogP contribution < -0.4 is 0 Å². The highest BCUT2D eigenvalue weighted by Gasteiger charge is 2.27. The van der Waals surface area contributed by atoms with Gasteiger partial charge in [0.25, 0.3) is 0 Å². The summed E-state index contributed by atoms with van der Waals surface area (Å²) in [7, 11) is 0. The molecule has 1 radical (unpaired) electrons. The average molecular weight is 246 g/mol. The molecule has 93 valence electrons. The predicted molar refractivity (Wildman–Crippen MR) is 78.3 cm³/mol. The van der Waals surface area contributed by atoms with E-state index in [1.165, 1.54) is 35.0 Å². The molecular weight excluding hydrogens is 230 g/mol. The number of nitrogens with zero attached hydrogens (tertiary/aromatic N) is 1. The number of hydrogen-bond acceptors (Lipinski definition) is 0. The van der Waals surface area contributed by atoms with Crippen molar-refractivity contribution in [1.29, 1.82) is 0 Å². The van der Waals surface area contributed by atoms with Crippen LogP contribution in [-0.2, 0) is 6.54 Å². The van der Waals surface area contributed by atoms with Crippen LogP contribution in [0.15, 0.2) is 54.6 Å². The lowest BCUT2D eigenvalue weighted by Gasteiger charge is -2.10. The van der Waals surface area contributed by atoms with Gasteiger partial charge < -0.3 is 4.57 Å². The lowest BCUT2D eigenvalue weighted by molar-refractivity contribution is 0.771. The third-order valence-electron chi connectivity index (χ3n) is 3.94. The Balaban J connectivity index is 1.84. The van der Waals surface area contributed by atoms with Crippen LogP contribution in [0.25, 0.3) is 10.9 Å². The SMILES string of the molecule is [c]1cccc2c1cc(C1CC1)n2Cc1ccccc1. The zero-order chi connectivity index (χ0) is 12.7. The van der Waals surface area contributed by atoms with Crippen molar-refractivity contribution in [3.8, 4) is 0 Å². The summed E-state index contributed by atoms with van der Waals surface area (Å²) in [6.45, 7) is 0.966. The molecule has 0 N–H and O–H groups in total. The highest BCUT2D eigenvalue weighted by Crippen LogP contribution is 2.42. The predicted octanol–water partition coefficient (Wildman–Crippen LogP) is 4.37. The van der Waals surface area contributed by atoms with Gasteiger partial charge in [-0.05, 0) is 42.5 Å². The molecule has 2 aromatic carbocycles. The van der Waals surface area contributed by atoms with Crippen molar-refractivity contribution in [2.45, 2.75) is 25.3 Å².